The van der Waals surface area contributed by atoms with Gasteiger partial charge in [0.2, 0.25) is 0 Å². The highest BCUT2D eigenvalue weighted by molar-refractivity contribution is 5.79. The Labute approximate surface area is 186 Å². The lowest BCUT2D eigenvalue weighted by Crippen LogP contribution is -2.60. The second-order valence-corrected chi connectivity index (χ2v) is 8.14. The summed E-state index contributed by atoms with van der Waals surface area (Å²) in [6.45, 7) is 5.42. The highest BCUT2D eigenvalue weighted by Gasteiger charge is 2.38. The zero-order valence-corrected chi connectivity index (χ0v) is 18.9. The van der Waals surface area contributed by atoms with Crippen molar-refractivity contribution in [1.29, 1.82) is 0 Å². The summed E-state index contributed by atoms with van der Waals surface area (Å²) in [4.78, 5) is 7.07. The van der Waals surface area contributed by atoms with E-state index in [9.17, 15) is 0 Å². The molecule has 31 heavy (non-hydrogen) atoms. The van der Waals surface area contributed by atoms with Gasteiger partial charge in [0.15, 0.2) is 17.5 Å². The van der Waals surface area contributed by atoms with E-state index in [1.54, 1.807) is 7.11 Å². The van der Waals surface area contributed by atoms with Crippen LogP contribution in [0.5, 0.6) is 11.5 Å². The minimum absolute atomic E-state index is 0.190. The molecule has 0 radical (unpaired) electrons. The summed E-state index contributed by atoms with van der Waals surface area (Å²) in [5.41, 5.74) is 1.26. The first-order chi connectivity index (χ1) is 15.2. The SMILES string of the molecule is C#CCOc1cc(CNC(=NC)NCC2(N3CCOCC3)CCCCC2)ccc1OC. The normalized spacial score (nSPS) is 19.3. The molecule has 0 aromatic heterocycles. The van der Waals surface area contributed by atoms with Gasteiger partial charge in [-0.25, -0.2) is 0 Å². The molecule has 1 aliphatic heterocycles. The Kier molecular flexibility index (Phi) is 8.86. The molecule has 0 unspecified atom stereocenters. The van der Waals surface area contributed by atoms with E-state index in [0.29, 0.717) is 18.0 Å². The molecule has 1 saturated carbocycles. The molecular formula is C24H36N4O3. The summed E-state index contributed by atoms with van der Waals surface area (Å²) < 4.78 is 16.6. The lowest BCUT2D eigenvalue weighted by atomic mass is 9.80. The second-order valence-electron chi connectivity index (χ2n) is 8.14. The van der Waals surface area contributed by atoms with Gasteiger partial charge in [0.05, 0.1) is 20.3 Å². The average Bonchev–Trinajstić information content (AvgIpc) is 2.84. The number of terminal acetylenes is 1. The molecule has 7 nitrogen and oxygen atoms in total. The maximum atomic E-state index is 5.61. The average molecular weight is 429 g/mol. The summed E-state index contributed by atoms with van der Waals surface area (Å²) in [6, 6.07) is 5.86. The molecule has 0 bridgehead atoms. The Morgan fingerprint density at radius 3 is 2.65 bits per heavy atom. The number of morpholine rings is 1. The van der Waals surface area contributed by atoms with Crippen molar-refractivity contribution in [3.05, 3.63) is 23.8 Å². The highest BCUT2D eigenvalue weighted by Crippen LogP contribution is 2.34. The molecule has 2 N–H and O–H groups in total. The van der Waals surface area contributed by atoms with Crippen molar-refractivity contribution in [3.8, 4) is 23.8 Å². The number of nitrogens with zero attached hydrogens (tertiary/aromatic N) is 2. The number of ether oxygens (including phenoxy) is 3. The molecule has 1 aliphatic carbocycles. The molecule has 1 aromatic rings. The molecule has 2 aliphatic rings. The van der Waals surface area contributed by atoms with Gasteiger partial charge in [0.1, 0.15) is 6.61 Å². The Morgan fingerprint density at radius 2 is 1.97 bits per heavy atom. The summed E-state index contributed by atoms with van der Waals surface area (Å²) in [7, 11) is 3.43. The highest BCUT2D eigenvalue weighted by atomic mass is 16.5. The zero-order valence-electron chi connectivity index (χ0n) is 18.9. The van der Waals surface area contributed by atoms with Crippen LogP contribution < -0.4 is 20.1 Å². The monoisotopic (exact) mass is 428 g/mol. The third-order valence-electron chi connectivity index (χ3n) is 6.27. The van der Waals surface area contributed by atoms with Crippen LogP contribution in [0.1, 0.15) is 37.7 Å². The number of nitrogens with one attached hydrogen (secondary N) is 2. The number of rotatable bonds is 8. The Balaban J connectivity index is 1.59. The van der Waals surface area contributed by atoms with Crippen LogP contribution in [0.2, 0.25) is 0 Å². The standard InChI is InChI=1S/C24H36N4O3/c1-4-14-31-22-17-20(8-9-21(22)29-3)18-26-23(25-2)27-19-24(10-6-5-7-11-24)28-12-15-30-16-13-28/h1,8-9,17H,5-7,10-16,18-19H2,2-3H3,(H2,25,26,27). The van der Waals surface area contributed by atoms with Gasteiger partial charge in [-0.3, -0.25) is 9.89 Å². The third kappa shape index (κ3) is 6.28. The van der Waals surface area contributed by atoms with Crippen molar-refractivity contribution in [3.63, 3.8) is 0 Å². The smallest absolute Gasteiger partial charge is 0.191 e. The van der Waals surface area contributed by atoms with Gasteiger partial charge in [0.25, 0.3) is 0 Å². The molecule has 2 fully saturated rings. The van der Waals surface area contributed by atoms with E-state index in [1.165, 1.54) is 32.1 Å². The fourth-order valence-corrected chi connectivity index (χ4v) is 4.57. The van der Waals surface area contributed by atoms with Crippen molar-refractivity contribution in [2.24, 2.45) is 4.99 Å². The number of benzene rings is 1. The van der Waals surface area contributed by atoms with Crippen molar-refractivity contribution in [2.45, 2.75) is 44.2 Å². The molecule has 0 amide bonds. The van der Waals surface area contributed by atoms with Gasteiger partial charge in [-0.2, -0.15) is 0 Å². The van der Waals surface area contributed by atoms with E-state index in [2.05, 4.69) is 26.4 Å². The molecule has 7 heteroatoms. The van der Waals surface area contributed by atoms with Gasteiger partial charge < -0.3 is 24.8 Å². The topological polar surface area (TPSA) is 67.4 Å². The summed E-state index contributed by atoms with van der Waals surface area (Å²) >= 11 is 0. The minimum Gasteiger partial charge on any atom is -0.493 e. The van der Waals surface area contributed by atoms with E-state index < -0.39 is 0 Å². The number of hydrogen-bond acceptors (Lipinski definition) is 5. The van der Waals surface area contributed by atoms with Gasteiger partial charge in [0, 0.05) is 38.8 Å². The fourth-order valence-electron chi connectivity index (χ4n) is 4.57. The molecule has 170 valence electrons. The molecule has 1 aromatic carbocycles. The summed E-state index contributed by atoms with van der Waals surface area (Å²) in [5.74, 6) is 4.62. The third-order valence-corrected chi connectivity index (χ3v) is 6.27. The molecule has 1 heterocycles. The van der Waals surface area contributed by atoms with E-state index in [4.69, 9.17) is 20.6 Å². The Bertz CT molecular complexity index is 763. The van der Waals surface area contributed by atoms with Crippen LogP contribution in [0.4, 0.5) is 0 Å². The Morgan fingerprint density at radius 1 is 1.19 bits per heavy atom. The predicted molar refractivity (Wildman–Crippen MR) is 124 cm³/mol. The first kappa shape index (κ1) is 23.2. The van der Waals surface area contributed by atoms with Crippen molar-refractivity contribution >= 4 is 5.96 Å². The zero-order chi connectivity index (χ0) is 21.9. The lowest BCUT2D eigenvalue weighted by Gasteiger charge is -2.48. The molecule has 0 atom stereocenters. The number of methoxy groups -OCH3 is 1. The van der Waals surface area contributed by atoms with Crippen molar-refractivity contribution in [2.75, 3.05) is 53.6 Å². The molecule has 3 rings (SSSR count). The van der Waals surface area contributed by atoms with Crippen molar-refractivity contribution < 1.29 is 14.2 Å². The van der Waals surface area contributed by atoms with Gasteiger partial charge in [-0.1, -0.05) is 31.2 Å². The molecule has 0 spiro atoms. The van der Waals surface area contributed by atoms with Crippen LogP contribution in [-0.4, -0.2) is 70.0 Å². The second kappa shape index (κ2) is 11.8. The predicted octanol–water partition coefficient (Wildman–Crippen LogP) is 2.41. The molecular weight excluding hydrogens is 392 g/mol. The lowest BCUT2D eigenvalue weighted by molar-refractivity contribution is -0.0352. The van der Waals surface area contributed by atoms with Crippen LogP contribution in [0.25, 0.3) is 0 Å². The van der Waals surface area contributed by atoms with Crippen LogP contribution in [0.15, 0.2) is 23.2 Å². The van der Waals surface area contributed by atoms with Crippen LogP contribution in [0.3, 0.4) is 0 Å². The van der Waals surface area contributed by atoms with Crippen LogP contribution in [0, 0.1) is 12.3 Å². The summed E-state index contributed by atoms with van der Waals surface area (Å²) in [6.07, 6.45) is 11.7. The first-order valence-electron chi connectivity index (χ1n) is 11.2. The van der Waals surface area contributed by atoms with Gasteiger partial charge >= 0.3 is 0 Å². The van der Waals surface area contributed by atoms with E-state index in [0.717, 1.165) is 44.4 Å². The van der Waals surface area contributed by atoms with Crippen LogP contribution in [-0.2, 0) is 11.3 Å². The summed E-state index contributed by atoms with van der Waals surface area (Å²) in [5, 5.41) is 7.02. The maximum Gasteiger partial charge on any atom is 0.191 e. The Hall–Kier alpha value is -2.43. The van der Waals surface area contributed by atoms with Crippen molar-refractivity contribution in [1.82, 2.24) is 15.5 Å². The van der Waals surface area contributed by atoms with Crippen LogP contribution >= 0.6 is 0 Å². The number of guanidine groups is 1. The minimum atomic E-state index is 0.190. The quantitative estimate of drug-likeness (QED) is 0.377. The van der Waals surface area contributed by atoms with E-state index in [-0.39, 0.29) is 12.1 Å². The van der Waals surface area contributed by atoms with Gasteiger partial charge in [-0.15, -0.1) is 6.42 Å². The maximum absolute atomic E-state index is 5.61. The largest absolute Gasteiger partial charge is 0.493 e. The number of hydrogen-bond donors (Lipinski definition) is 2. The number of aliphatic imine (C=N–C) groups is 1. The van der Waals surface area contributed by atoms with E-state index in [1.807, 2.05) is 25.2 Å². The fraction of sp³-hybridized carbons (Fsp3) is 0.625. The van der Waals surface area contributed by atoms with E-state index >= 15 is 0 Å². The first-order valence-corrected chi connectivity index (χ1v) is 11.2. The molecule has 1 saturated heterocycles. The van der Waals surface area contributed by atoms with Gasteiger partial charge in [-0.05, 0) is 30.5 Å².